The van der Waals surface area contributed by atoms with Gasteiger partial charge in [0, 0.05) is 18.7 Å². The third kappa shape index (κ3) is 5.92. The van der Waals surface area contributed by atoms with Gasteiger partial charge in [0.25, 0.3) is 0 Å². The van der Waals surface area contributed by atoms with Crippen LogP contribution in [-0.2, 0) is 29.1 Å². The lowest BCUT2D eigenvalue weighted by atomic mass is 10.1. The molecule has 2 N–H and O–H groups in total. The fraction of sp³-hybridized carbons (Fsp3) is 0.333. The van der Waals surface area contributed by atoms with Gasteiger partial charge in [-0.3, -0.25) is 9.59 Å². The molecule has 0 fully saturated rings. The molecular formula is C21H26N2O3. The van der Waals surface area contributed by atoms with Crippen LogP contribution in [0.3, 0.4) is 0 Å². The molecule has 0 aliphatic rings. The number of hydrogen-bond donors (Lipinski definition) is 2. The maximum absolute atomic E-state index is 12.0. The fourth-order valence-corrected chi connectivity index (χ4v) is 2.43. The Morgan fingerprint density at radius 1 is 0.885 bits per heavy atom. The largest absolute Gasteiger partial charge is 0.491 e. The predicted octanol–water partition coefficient (Wildman–Crippen LogP) is 2.97. The first-order valence-corrected chi connectivity index (χ1v) is 8.88. The lowest BCUT2D eigenvalue weighted by molar-refractivity contribution is -0.139. The summed E-state index contributed by atoms with van der Waals surface area (Å²) < 4.78 is 5.71. The van der Waals surface area contributed by atoms with Crippen molar-refractivity contribution >= 4 is 11.8 Å². The van der Waals surface area contributed by atoms with Crippen molar-refractivity contribution in [1.29, 1.82) is 0 Å². The van der Waals surface area contributed by atoms with E-state index in [0.717, 1.165) is 17.5 Å². The molecule has 0 aromatic heterocycles. The van der Waals surface area contributed by atoms with Gasteiger partial charge in [0.2, 0.25) is 0 Å². The van der Waals surface area contributed by atoms with Crippen LogP contribution in [0.5, 0.6) is 5.75 Å². The summed E-state index contributed by atoms with van der Waals surface area (Å²) in [6.45, 7) is 6.53. The van der Waals surface area contributed by atoms with Gasteiger partial charge >= 0.3 is 11.8 Å². The van der Waals surface area contributed by atoms with Crippen LogP contribution in [-0.4, -0.2) is 17.9 Å². The van der Waals surface area contributed by atoms with E-state index in [4.69, 9.17) is 4.74 Å². The van der Waals surface area contributed by atoms with Gasteiger partial charge < -0.3 is 15.4 Å². The molecule has 5 heteroatoms. The van der Waals surface area contributed by atoms with E-state index >= 15 is 0 Å². The predicted molar refractivity (Wildman–Crippen MR) is 102 cm³/mol. The van der Waals surface area contributed by atoms with Crippen molar-refractivity contribution in [3.05, 3.63) is 65.2 Å². The number of amides is 2. The Hall–Kier alpha value is -2.82. The number of carbonyl (C=O) groups is 2. The minimum absolute atomic E-state index is 0.0363. The van der Waals surface area contributed by atoms with Crippen LogP contribution < -0.4 is 15.4 Å². The second kappa shape index (κ2) is 9.61. The number of carbonyl (C=O) groups excluding carboxylic acids is 2. The number of aryl methyl sites for hydroxylation is 1. The van der Waals surface area contributed by atoms with Crippen molar-refractivity contribution in [2.24, 2.45) is 0 Å². The van der Waals surface area contributed by atoms with Crippen LogP contribution in [0.2, 0.25) is 0 Å². The summed E-state index contributed by atoms with van der Waals surface area (Å²) in [5, 5.41) is 5.27. The summed E-state index contributed by atoms with van der Waals surface area (Å²) in [6.07, 6.45) is 1.01. The molecule has 2 aromatic carbocycles. The summed E-state index contributed by atoms with van der Waals surface area (Å²) in [6, 6.07) is 15.4. The van der Waals surface area contributed by atoms with E-state index in [1.165, 1.54) is 5.56 Å². The highest BCUT2D eigenvalue weighted by molar-refractivity contribution is 6.35. The average molecular weight is 354 g/mol. The van der Waals surface area contributed by atoms with E-state index in [1.807, 2.05) is 62.4 Å². The molecule has 0 unspecified atom stereocenters. The highest BCUT2D eigenvalue weighted by Gasteiger charge is 2.14. The van der Waals surface area contributed by atoms with Gasteiger partial charge in [0.1, 0.15) is 5.75 Å². The van der Waals surface area contributed by atoms with Gasteiger partial charge in [-0.15, -0.1) is 0 Å². The number of benzene rings is 2. The second-order valence-electron chi connectivity index (χ2n) is 6.31. The standard InChI is InChI=1S/C21H26N2O3/c1-4-16-9-11-17(12-10-16)13-22-20(24)21(25)23-14-18-7-5-6-8-19(18)26-15(2)3/h5-12,15H,4,13-14H2,1-3H3,(H,22,24)(H,23,25). The topological polar surface area (TPSA) is 67.4 Å². The molecule has 0 heterocycles. The van der Waals surface area contributed by atoms with Crippen LogP contribution >= 0.6 is 0 Å². The number of para-hydroxylation sites is 1. The summed E-state index contributed by atoms with van der Waals surface area (Å²) >= 11 is 0. The number of hydrogen-bond acceptors (Lipinski definition) is 3. The number of ether oxygens (including phenoxy) is 1. The van der Waals surface area contributed by atoms with Crippen molar-refractivity contribution < 1.29 is 14.3 Å². The molecule has 0 bridgehead atoms. The van der Waals surface area contributed by atoms with Crippen LogP contribution in [0.4, 0.5) is 0 Å². The Morgan fingerprint density at radius 3 is 2.08 bits per heavy atom. The summed E-state index contributed by atoms with van der Waals surface area (Å²) in [5.74, 6) is -0.597. The SMILES string of the molecule is CCc1ccc(CNC(=O)C(=O)NCc2ccccc2OC(C)C)cc1. The first-order valence-electron chi connectivity index (χ1n) is 8.88. The smallest absolute Gasteiger partial charge is 0.309 e. The Labute approximate surface area is 154 Å². The molecule has 2 amide bonds. The lowest BCUT2D eigenvalue weighted by Crippen LogP contribution is -2.39. The minimum Gasteiger partial charge on any atom is -0.491 e. The van der Waals surface area contributed by atoms with E-state index in [-0.39, 0.29) is 12.6 Å². The molecule has 138 valence electrons. The molecule has 0 atom stereocenters. The zero-order chi connectivity index (χ0) is 18.9. The van der Waals surface area contributed by atoms with E-state index in [1.54, 1.807) is 0 Å². The first-order chi connectivity index (χ1) is 12.5. The normalized spacial score (nSPS) is 10.5. The number of nitrogens with one attached hydrogen (secondary N) is 2. The van der Waals surface area contributed by atoms with Crippen molar-refractivity contribution in [1.82, 2.24) is 10.6 Å². The molecule has 2 rings (SSSR count). The molecule has 0 aliphatic carbocycles. The number of rotatable bonds is 7. The first kappa shape index (κ1) is 19.5. The van der Waals surface area contributed by atoms with E-state index in [2.05, 4.69) is 17.6 Å². The molecule has 2 aromatic rings. The van der Waals surface area contributed by atoms with E-state index in [0.29, 0.717) is 12.3 Å². The van der Waals surface area contributed by atoms with Gasteiger partial charge in [0.15, 0.2) is 0 Å². The zero-order valence-corrected chi connectivity index (χ0v) is 15.5. The Bertz CT molecular complexity index is 739. The van der Waals surface area contributed by atoms with E-state index in [9.17, 15) is 9.59 Å². The minimum atomic E-state index is -0.658. The molecule has 5 nitrogen and oxygen atoms in total. The maximum Gasteiger partial charge on any atom is 0.309 e. The van der Waals surface area contributed by atoms with Crippen molar-refractivity contribution in [2.75, 3.05) is 0 Å². The van der Waals surface area contributed by atoms with Gasteiger partial charge in [0.05, 0.1) is 6.10 Å². The van der Waals surface area contributed by atoms with Gasteiger partial charge in [-0.05, 0) is 37.5 Å². The van der Waals surface area contributed by atoms with Gasteiger partial charge in [-0.25, -0.2) is 0 Å². The van der Waals surface area contributed by atoms with Crippen LogP contribution in [0.1, 0.15) is 37.5 Å². The Balaban J connectivity index is 1.84. The van der Waals surface area contributed by atoms with Crippen molar-refractivity contribution in [3.8, 4) is 5.75 Å². The average Bonchev–Trinajstić information content (AvgIpc) is 2.65. The van der Waals surface area contributed by atoms with Crippen LogP contribution in [0, 0.1) is 0 Å². The van der Waals surface area contributed by atoms with Crippen LogP contribution in [0.15, 0.2) is 48.5 Å². The molecule has 0 saturated carbocycles. The molecule has 0 spiro atoms. The molecule has 0 saturated heterocycles. The van der Waals surface area contributed by atoms with Gasteiger partial charge in [-0.2, -0.15) is 0 Å². The highest BCUT2D eigenvalue weighted by Crippen LogP contribution is 2.19. The monoisotopic (exact) mass is 354 g/mol. The third-order valence-electron chi connectivity index (χ3n) is 3.87. The van der Waals surface area contributed by atoms with E-state index < -0.39 is 11.8 Å². The molecule has 0 radical (unpaired) electrons. The summed E-state index contributed by atoms with van der Waals surface area (Å²) in [7, 11) is 0. The Morgan fingerprint density at radius 2 is 1.46 bits per heavy atom. The van der Waals surface area contributed by atoms with Gasteiger partial charge in [-0.1, -0.05) is 49.4 Å². The third-order valence-corrected chi connectivity index (χ3v) is 3.87. The zero-order valence-electron chi connectivity index (χ0n) is 15.5. The molecular weight excluding hydrogens is 328 g/mol. The lowest BCUT2D eigenvalue weighted by Gasteiger charge is -2.14. The molecule has 0 aliphatic heterocycles. The summed E-state index contributed by atoms with van der Waals surface area (Å²) in [4.78, 5) is 24.0. The van der Waals surface area contributed by atoms with Crippen molar-refractivity contribution in [2.45, 2.75) is 46.4 Å². The van der Waals surface area contributed by atoms with Crippen LogP contribution in [0.25, 0.3) is 0 Å². The Kier molecular flexibility index (Phi) is 7.21. The molecule has 26 heavy (non-hydrogen) atoms. The highest BCUT2D eigenvalue weighted by atomic mass is 16.5. The second-order valence-corrected chi connectivity index (χ2v) is 6.31. The fourth-order valence-electron chi connectivity index (χ4n) is 2.43. The summed E-state index contributed by atoms with van der Waals surface area (Å²) in [5.41, 5.74) is 3.02. The van der Waals surface area contributed by atoms with Crippen molar-refractivity contribution in [3.63, 3.8) is 0 Å². The quantitative estimate of drug-likeness (QED) is 0.751. The maximum atomic E-state index is 12.0.